The van der Waals surface area contributed by atoms with Gasteiger partial charge in [-0.05, 0) is 48.7 Å². The topological polar surface area (TPSA) is 86.7 Å². The van der Waals surface area contributed by atoms with Crippen molar-refractivity contribution in [2.24, 2.45) is 0 Å². The van der Waals surface area contributed by atoms with E-state index in [4.69, 9.17) is 4.74 Å². The van der Waals surface area contributed by atoms with Crippen molar-refractivity contribution in [3.8, 4) is 17.2 Å². The first-order valence-electron chi connectivity index (χ1n) is 12.0. The molecule has 2 aromatic rings. The second-order valence-corrected chi connectivity index (χ2v) is 9.85. The maximum Gasteiger partial charge on any atom is 1.00 e. The summed E-state index contributed by atoms with van der Waals surface area (Å²) in [4.78, 5) is -0.0668. The summed E-state index contributed by atoms with van der Waals surface area (Å²) in [5.41, 5.74) is 0.553. The van der Waals surface area contributed by atoms with Crippen LogP contribution < -0.4 is 61.2 Å². The van der Waals surface area contributed by atoms with Gasteiger partial charge >= 0.3 is 51.4 Å². The predicted molar refractivity (Wildman–Crippen MR) is 127 cm³/mol. The summed E-state index contributed by atoms with van der Waals surface area (Å²) < 4.78 is 38.8. The van der Waals surface area contributed by atoms with Crippen LogP contribution in [0.5, 0.6) is 17.2 Å². The van der Waals surface area contributed by atoms with Crippen LogP contribution >= 0.6 is 0 Å². The maximum atomic E-state index is 11.8. The summed E-state index contributed by atoms with van der Waals surface area (Å²) in [7, 11) is -4.29. The Morgan fingerprint density at radius 3 is 1.76 bits per heavy atom. The Morgan fingerprint density at radius 1 is 0.758 bits per heavy atom. The van der Waals surface area contributed by atoms with Gasteiger partial charge in [0.2, 0.25) is 0 Å². The van der Waals surface area contributed by atoms with Gasteiger partial charge in [-0.25, -0.2) is 0 Å². The van der Waals surface area contributed by atoms with E-state index < -0.39 is 10.1 Å². The van der Waals surface area contributed by atoms with Gasteiger partial charge in [0.05, 0.1) is 4.90 Å². The normalized spacial score (nSPS) is 11.2. The number of hydrogen-bond donors (Lipinski definition) is 1. The summed E-state index contributed by atoms with van der Waals surface area (Å²) in [5, 5.41) is 11.2. The van der Waals surface area contributed by atoms with Gasteiger partial charge < -0.3 is 9.84 Å². The van der Waals surface area contributed by atoms with E-state index in [1.807, 2.05) is 0 Å². The third kappa shape index (κ3) is 12.7. The second-order valence-electron chi connectivity index (χ2n) is 8.46. The fourth-order valence-electron chi connectivity index (χ4n) is 3.87. The smallest absolute Gasteiger partial charge is 0.872 e. The molecular weight excluding hydrogens is 463 g/mol. The molecule has 0 unspecified atom stereocenters. The standard InChI is InChI=1S/C26H38O5S.K/c1-2-3-4-5-6-7-8-9-10-11-12-13-14-22-21-25(19-20-26(22)32(28,29)30)31-24-17-15-23(27)16-18-24;/h15-21,27H,2-14H2,1H3,(H,28,29,30);/q;+1/p-1. The van der Waals surface area contributed by atoms with Gasteiger partial charge in [-0.15, -0.1) is 5.75 Å². The molecule has 178 valence electrons. The molecule has 0 aliphatic carbocycles. The molecule has 33 heavy (non-hydrogen) atoms. The summed E-state index contributed by atoms with van der Waals surface area (Å²) in [5.74, 6) is 0.872. The van der Waals surface area contributed by atoms with Crippen LogP contribution in [0.1, 0.15) is 89.5 Å². The van der Waals surface area contributed by atoms with E-state index in [2.05, 4.69) is 6.92 Å². The van der Waals surface area contributed by atoms with Gasteiger partial charge in [0.1, 0.15) is 11.5 Å². The van der Waals surface area contributed by atoms with Crippen LogP contribution in [0.4, 0.5) is 0 Å². The average molecular weight is 501 g/mol. The van der Waals surface area contributed by atoms with Gasteiger partial charge in [-0.2, -0.15) is 8.42 Å². The molecule has 0 fully saturated rings. The zero-order chi connectivity index (χ0) is 23.2. The van der Waals surface area contributed by atoms with Gasteiger partial charge in [-0.1, -0.05) is 89.7 Å². The SMILES string of the molecule is CCCCCCCCCCCCCCc1cc(Oc2ccc([O-])cc2)ccc1S(=O)(=O)O.[K+]. The van der Waals surface area contributed by atoms with Crippen LogP contribution in [0.15, 0.2) is 47.4 Å². The molecule has 2 aromatic carbocycles. The van der Waals surface area contributed by atoms with Gasteiger partial charge in [-0.3, -0.25) is 4.55 Å². The number of ether oxygens (including phenoxy) is 1. The van der Waals surface area contributed by atoms with Gasteiger partial charge in [0.25, 0.3) is 10.1 Å². The Labute approximate surface area is 242 Å². The van der Waals surface area contributed by atoms with E-state index in [0.717, 1.165) is 19.3 Å². The molecule has 0 bridgehead atoms. The zero-order valence-electron chi connectivity index (χ0n) is 20.2. The summed E-state index contributed by atoms with van der Waals surface area (Å²) in [6, 6.07) is 10.5. The fourth-order valence-corrected chi connectivity index (χ4v) is 4.60. The predicted octanol–water partition coefficient (Wildman–Crippen LogP) is 4.05. The van der Waals surface area contributed by atoms with Crippen molar-refractivity contribution in [3.63, 3.8) is 0 Å². The largest absolute Gasteiger partial charge is 1.00 e. The Bertz CT molecular complexity index is 897. The molecule has 7 heteroatoms. The molecule has 0 radical (unpaired) electrons. The minimum absolute atomic E-state index is 0. The number of hydrogen-bond acceptors (Lipinski definition) is 4. The molecule has 0 atom stereocenters. The Morgan fingerprint density at radius 2 is 1.24 bits per heavy atom. The Kier molecular flexibility index (Phi) is 15.9. The van der Waals surface area contributed by atoms with E-state index in [9.17, 15) is 18.1 Å². The number of benzene rings is 2. The van der Waals surface area contributed by atoms with Crippen molar-refractivity contribution in [2.75, 3.05) is 0 Å². The van der Waals surface area contributed by atoms with Crippen LogP contribution in [-0.4, -0.2) is 13.0 Å². The van der Waals surface area contributed by atoms with E-state index in [1.54, 1.807) is 18.2 Å². The van der Waals surface area contributed by atoms with Crippen LogP contribution in [0.2, 0.25) is 0 Å². The van der Waals surface area contributed by atoms with Crippen LogP contribution in [0.3, 0.4) is 0 Å². The Balaban J connectivity index is 0.00000544. The minimum Gasteiger partial charge on any atom is -0.872 e. The quantitative estimate of drug-likeness (QED) is 0.213. The van der Waals surface area contributed by atoms with Crippen molar-refractivity contribution in [2.45, 2.75) is 95.3 Å². The first kappa shape index (κ1) is 30.6. The van der Waals surface area contributed by atoms with Crippen molar-refractivity contribution in [1.82, 2.24) is 0 Å². The molecule has 1 N–H and O–H groups in total. The molecule has 0 saturated carbocycles. The first-order chi connectivity index (χ1) is 15.4. The average Bonchev–Trinajstić information content (AvgIpc) is 2.75. The molecule has 0 saturated heterocycles. The first-order valence-corrected chi connectivity index (χ1v) is 13.4. The number of rotatable bonds is 16. The fraction of sp³-hybridized carbons (Fsp3) is 0.538. The summed E-state index contributed by atoms with van der Waals surface area (Å²) >= 11 is 0. The van der Waals surface area contributed by atoms with E-state index in [1.165, 1.54) is 82.1 Å². The monoisotopic (exact) mass is 500 g/mol. The van der Waals surface area contributed by atoms with Gasteiger partial charge in [0, 0.05) is 0 Å². The van der Waals surface area contributed by atoms with Crippen molar-refractivity contribution >= 4 is 10.1 Å². The summed E-state index contributed by atoms with van der Waals surface area (Å²) in [6.45, 7) is 2.24. The molecular formula is C26H37KO5S. The number of unbranched alkanes of at least 4 members (excludes halogenated alkanes) is 11. The third-order valence-electron chi connectivity index (χ3n) is 5.67. The number of aryl methyl sites for hydroxylation is 1. The van der Waals surface area contributed by atoms with E-state index >= 15 is 0 Å². The minimum atomic E-state index is -4.29. The molecule has 0 aliphatic heterocycles. The third-order valence-corrected chi connectivity index (χ3v) is 6.62. The molecule has 0 spiro atoms. The zero-order valence-corrected chi connectivity index (χ0v) is 24.2. The van der Waals surface area contributed by atoms with Crippen molar-refractivity contribution in [3.05, 3.63) is 48.0 Å². The molecule has 0 aliphatic rings. The summed E-state index contributed by atoms with van der Waals surface area (Å²) in [6.07, 6.45) is 15.4. The Hall–Kier alpha value is -0.414. The van der Waals surface area contributed by atoms with Crippen LogP contribution in [0.25, 0.3) is 0 Å². The maximum absolute atomic E-state index is 11.8. The van der Waals surface area contributed by atoms with Crippen LogP contribution in [0, 0.1) is 0 Å². The van der Waals surface area contributed by atoms with Crippen molar-refractivity contribution in [1.29, 1.82) is 0 Å². The second kappa shape index (κ2) is 17.1. The van der Waals surface area contributed by atoms with Gasteiger partial charge in [0.15, 0.2) is 0 Å². The molecule has 2 rings (SSSR count). The molecule has 0 heterocycles. The van der Waals surface area contributed by atoms with E-state index in [-0.39, 0.29) is 62.0 Å². The molecule has 5 nitrogen and oxygen atoms in total. The van der Waals surface area contributed by atoms with Crippen LogP contribution in [-0.2, 0) is 16.5 Å². The van der Waals surface area contributed by atoms with E-state index in [0.29, 0.717) is 23.5 Å². The van der Waals surface area contributed by atoms with Crippen molar-refractivity contribution < 1.29 is 74.2 Å². The molecule has 0 aromatic heterocycles. The molecule has 0 amide bonds.